The van der Waals surface area contributed by atoms with Gasteiger partial charge in [-0.3, -0.25) is 19.7 Å². The van der Waals surface area contributed by atoms with Gasteiger partial charge in [-0.1, -0.05) is 51.9 Å². The number of rotatable bonds is 12. The van der Waals surface area contributed by atoms with E-state index >= 15 is 0 Å². The van der Waals surface area contributed by atoms with Crippen LogP contribution in [0.3, 0.4) is 0 Å². The number of esters is 1. The zero-order valence-electron chi connectivity index (χ0n) is 18.5. The Kier molecular flexibility index (Phi) is 11.7. The molecule has 1 fully saturated rings. The Morgan fingerprint density at radius 1 is 1.22 bits per heavy atom. The fourth-order valence-electron chi connectivity index (χ4n) is 3.47. The first-order chi connectivity index (χ1) is 15.4. The molecule has 1 aromatic heterocycles. The standard InChI is InChI=1S/C22H32BrN3O5S/c1-2-3-4-5-6-7-8-9-14-30-19(27)15-16-20(28)24-12-13-26(16)22(32)25-21(29)17-10-11-18(23)31-17/h10-11,16H,2-9,12-15H2,1H3,(H,24,28)(H,25,29,32). The number of hydrogen-bond acceptors (Lipinski definition) is 6. The molecule has 178 valence electrons. The average molecular weight is 530 g/mol. The summed E-state index contributed by atoms with van der Waals surface area (Å²) >= 11 is 8.46. The van der Waals surface area contributed by atoms with Gasteiger partial charge < -0.3 is 19.4 Å². The third kappa shape index (κ3) is 8.90. The average Bonchev–Trinajstić information content (AvgIpc) is 3.20. The number of carbonyl (C=O) groups is 3. The van der Waals surface area contributed by atoms with Gasteiger partial charge in [-0.2, -0.15) is 0 Å². The summed E-state index contributed by atoms with van der Waals surface area (Å²) in [5, 5.41) is 5.36. The number of piperazine rings is 1. The second kappa shape index (κ2) is 14.3. The summed E-state index contributed by atoms with van der Waals surface area (Å²) in [6, 6.07) is 2.27. The Hall–Kier alpha value is -1.94. The quantitative estimate of drug-likeness (QED) is 0.240. The third-order valence-corrected chi connectivity index (χ3v) is 5.99. The maximum Gasteiger partial charge on any atom is 0.308 e. The largest absolute Gasteiger partial charge is 0.466 e. The first-order valence-corrected chi connectivity index (χ1v) is 12.4. The molecule has 0 aliphatic carbocycles. The monoisotopic (exact) mass is 529 g/mol. The van der Waals surface area contributed by atoms with Crippen LogP contribution in [0.25, 0.3) is 0 Å². The molecule has 1 unspecified atom stereocenters. The van der Waals surface area contributed by atoms with Gasteiger partial charge in [0, 0.05) is 13.1 Å². The molecule has 1 atom stereocenters. The van der Waals surface area contributed by atoms with Crippen molar-refractivity contribution >= 4 is 51.0 Å². The molecule has 0 aromatic carbocycles. The van der Waals surface area contributed by atoms with Crippen molar-refractivity contribution in [1.29, 1.82) is 0 Å². The lowest BCUT2D eigenvalue weighted by atomic mass is 10.1. The van der Waals surface area contributed by atoms with Crippen molar-refractivity contribution < 1.29 is 23.5 Å². The predicted molar refractivity (Wildman–Crippen MR) is 128 cm³/mol. The second-order valence-electron chi connectivity index (χ2n) is 7.76. The number of carbonyl (C=O) groups excluding carboxylic acids is 3. The summed E-state index contributed by atoms with van der Waals surface area (Å²) in [4.78, 5) is 38.5. The maximum absolute atomic E-state index is 12.4. The summed E-state index contributed by atoms with van der Waals surface area (Å²) in [7, 11) is 0. The molecular formula is C22H32BrN3O5S. The summed E-state index contributed by atoms with van der Waals surface area (Å²) in [5.41, 5.74) is 0. The smallest absolute Gasteiger partial charge is 0.308 e. The van der Waals surface area contributed by atoms with E-state index in [0.29, 0.717) is 24.4 Å². The highest BCUT2D eigenvalue weighted by Gasteiger charge is 2.34. The van der Waals surface area contributed by atoms with Crippen LogP contribution in [0, 0.1) is 0 Å². The topological polar surface area (TPSA) is 101 Å². The molecule has 10 heteroatoms. The van der Waals surface area contributed by atoms with Crippen molar-refractivity contribution in [1.82, 2.24) is 15.5 Å². The lowest BCUT2D eigenvalue weighted by molar-refractivity contribution is -0.147. The highest BCUT2D eigenvalue weighted by atomic mass is 79.9. The molecule has 0 spiro atoms. The number of amides is 2. The molecule has 2 heterocycles. The minimum Gasteiger partial charge on any atom is -0.466 e. The summed E-state index contributed by atoms with van der Waals surface area (Å²) in [6.45, 7) is 3.29. The normalized spacial score (nSPS) is 15.9. The Labute approximate surface area is 202 Å². The number of nitrogens with zero attached hydrogens (tertiary/aromatic N) is 1. The highest BCUT2D eigenvalue weighted by molar-refractivity contribution is 9.10. The van der Waals surface area contributed by atoms with Gasteiger partial charge in [-0.15, -0.1) is 0 Å². The van der Waals surface area contributed by atoms with Crippen molar-refractivity contribution in [2.45, 2.75) is 70.8 Å². The molecule has 0 saturated carbocycles. The van der Waals surface area contributed by atoms with Crippen LogP contribution in [0.4, 0.5) is 0 Å². The molecule has 2 N–H and O–H groups in total. The predicted octanol–water partition coefficient (Wildman–Crippen LogP) is 3.93. The van der Waals surface area contributed by atoms with Crippen LogP contribution < -0.4 is 10.6 Å². The van der Waals surface area contributed by atoms with Crippen LogP contribution in [-0.4, -0.2) is 53.5 Å². The van der Waals surface area contributed by atoms with Crippen molar-refractivity contribution in [3.05, 3.63) is 22.6 Å². The van der Waals surface area contributed by atoms with Gasteiger partial charge in [-0.05, 0) is 46.7 Å². The van der Waals surface area contributed by atoms with Crippen LogP contribution in [0.5, 0.6) is 0 Å². The molecule has 8 nitrogen and oxygen atoms in total. The fourth-order valence-corrected chi connectivity index (χ4v) is 4.08. The molecule has 1 aromatic rings. The van der Waals surface area contributed by atoms with Gasteiger partial charge in [-0.25, -0.2) is 0 Å². The van der Waals surface area contributed by atoms with E-state index in [1.54, 1.807) is 11.0 Å². The molecule has 0 bridgehead atoms. The van der Waals surface area contributed by atoms with Crippen LogP contribution in [0.2, 0.25) is 0 Å². The zero-order chi connectivity index (χ0) is 23.3. The molecule has 0 radical (unpaired) electrons. The van der Waals surface area contributed by atoms with Crippen LogP contribution >= 0.6 is 28.1 Å². The van der Waals surface area contributed by atoms with Crippen molar-refractivity contribution in [2.24, 2.45) is 0 Å². The number of ether oxygens (including phenoxy) is 1. The SMILES string of the molecule is CCCCCCCCCCOC(=O)CC1C(=O)NCCN1C(=S)NC(=O)c1ccc(Br)o1. The fraction of sp³-hybridized carbons (Fsp3) is 0.636. The number of nitrogens with one attached hydrogen (secondary N) is 2. The highest BCUT2D eigenvalue weighted by Crippen LogP contribution is 2.15. The number of unbranched alkanes of at least 4 members (excludes halogenated alkanes) is 7. The summed E-state index contributed by atoms with van der Waals surface area (Å²) < 4.78 is 11.0. The lowest BCUT2D eigenvalue weighted by Gasteiger charge is -2.36. The van der Waals surface area contributed by atoms with E-state index in [-0.39, 0.29) is 23.2 Å². The first-order valence-electron chi connectivity index (χ1n) is 11.2. The first kappa shape index (κ1) is 26.3. The molecule has 2 amide bonds. The van der Waals surface area contributed by atoms with Crippen LogP contribution in [-0.2, 0) is 14.3 Å². The molecule has 1 aliphatic rings. The second-order valence-corrected chi connectivity index (χ2v) is 8.93. The molecule has 2 rings (SSSR count). The Balaban J connectivity index is 1.75. The lowest BCUT2D eigenvalue weighted by Crippen LogP contribution is -2.60. The van der Waals surface area contributed by atoms with Gasteiger partial charge in [0.25, 0.3) is 5.91 Å². The Morgan fingerprint density at radius 3 is 2.56 bits per heavy atom. The van der Waals surface area contributed by atoms with Gasteiger partial charge in [0.15, 0.2) is 15.5 Å². The molecule has 1 aliphatic heterocycles. The number of halogens is 1. The Bertz CT molecular complexity index is 785. The van der Waals surface area contributed by atoms with Gasteiger partial charge >= 0.3 is 5.97 Å². The summed E-state index contributed by atoms with van der Waals surface area (Å²) in [6.07, 6.45) is 9.12. The van der Waals surface area contributed by atoms with Crippen molar-refractivity contribution in [3.8, 4) is 0 Å². The molecular weight excluding hydrogens is 498 g/mol. The van der Waals surface area contributed by atoms with E-state index in [1.165, 1.54) is 38.2 Å². The number of hydrogen-bond donors (Lipinski definition) is 2. The van der Waals surface area contributed by atoms with Gasteiger partial charge in [0.2, 0.25) is 5.91 Å². The maximum atomic E-state index is 12.4. The van der Waals surface area contributed by atoms with E-state index in [0.717, 1.165) is 19.3 Å². The van der Waals surface area contributed by atoms with Crippen molar-refractivity contribution in [2.75, 3.05) is 19.7 Å². The van der Waals surface area contributed by atoms with Crippen LogP contribution in [0.1, 0.15) is 75.3 Å². The number of furan rings is 1. The third-order valence-electron chi connectivity index (χ3n) is 5.23. The van der Waals surface area contributed by atoms with E-state index in [4.69, 9.17) is 21.4 Å². The zero-order valence-corrected chi connectivity index (χ0v) is 20.9. The van der Waals surface area contributed by atoms with Crippen LogP contribution in [0.15, 0.2) is 21.2 Å². The minimum absolute atomic E-state index is 0.0678. The van der Waals surface area contributed by atoms with E-state index in [2.05, 4.69) is 33.5 Å². The molecule has 1 saturated heterocycles. The van der Waals surface area contributed by atoms with Crippen molar-refractivity contribution in [3.63, 3.8) is 0 Å². The Morgan fingerprint density at radius 2 is 1.91 bits per heavy atom. The summed E-state index contributed by atoms with van der Waals surface area (Å²) in [5.74, 6) is -1.22. The van der Waals surface area contributed by atoms with E-state index in [9.17, 15) is 14.4 Å². The number of thiocarbonyl (C=S) groups is 1. The van der Waals surface area contributed by atoms with E-state index < -0.39 is 17.9 Å². The van der Waals surface area contributed by atoms with Gasteiger partial charge in [0.05, 0.1) is 13.0 Å². The minimum atomic E-state index is -0.828. The van der Waals surface area contributed by atoms with Gasteiger partial charge in [0.1, 0.15) is 6.04 Å². The van der Waals surface area contributed by atoms with E-state index in [1.807, 2.05) is 0 Å². The molecule has 32 heavy (non-hydrogen) atoms.